The highest BCUT2D eigenvalue weighted by Crippen LogP contribution is 2.37. The van der Waals surface area contributed by atoms with Gasteiger partial charge in [0.1, 0.15) is 6.54 Å². The van der Waals surface area contributed by atoms with Crippen LogP contribution < -0.4 is 15.0 Å². The van der Waals surface area contributed by atoms with Crippen LogP contribution in [0.5, 0.6) is 5.88 Å². The summed E-state index contributed by atoms with van der Waals surface area (Å²) in [5.74, 6) is 0.627. The van der Waals surface area contributed by atoms with Gasteiger partial charge in [0, 0.05) is 75.0 Å². The van der Waals surface area contributed by atoms with Gasteiger partial charge in [0.25, 0.3) is 0 Å². The second-order valence-corrected chi connectivity index (χ2v) is 13.9. The number of pyridine rings is 1. The minimum Gasteiger partial charge on any atom is -0.481 e. The molecule has 5 rings (SSSR count). The molecule has 0 aliphatic carbocycles. The van der Waals surface area contributed by atoms with Crippen LogP contribution in [0, 0.1) is 0 Å². The van der Waals surface area contributed by atoms with Crippen molar-refractivity contribution in [2.75, 3.05) is 64.1 Å². The zero-order valence-corrected chi connectivity index (χ0v) is 25.6. The number of amides is 2. The van der Waals surface area contributed by atoms with Gasteiger partial charge in [0.15, 0.2) is 9.84 Å². The Morgan fingerprint density at radius 3 is 2.44 bits per heavy atom. The summed E-state index contributed by atoms with van der Waals surface area (Å²) in [5, 5.41) is 3.96. The first-order valence-electron chi connectivity index (χ1n) is 14.0. The van der Waals surface area contributed by atoms with Crippen LogP contribution in [0.2, 0.25) is 0 Å². The molecule has 3 aromatic heterocycles. The predicted octanol–water partition coefficient (Wildman–Crippen LogP) is 3.69. The summed E-state index contributed by atoms with van der Waals surface area (Å²) >= 11 is 1.49. The van der Waals surface area contributed by atoms with Gasteiger partial charge in [-0.1, -0.05) is 0 Å². The van der Waals surface area contributed by atoms with E-state index in [2.05, 4.69) is 14.8 Å². The lowest BCUT2D eigenvalue weighted by atomic mass is 10.1. The van der Waals surface area contributed by atoms with E-state index < -0.39 is 28.6 Å². The smallest absolute Gasteiger partial charge is 0.405 e. The van der Waals surface area contributed by atoms with Gasteiger partial charge in [0.2, 0.25) is 11.8 Å². The van der Waals surface area contributed by atoms with Crippen LogP contribution in [-0.2, 0) is 22.1 Å². The third-order valence-electron chi connectivity index (χ3n) is 7.42. The van der Waals surface area contributed by atoms with Crippen LogP contribution in [0.3, 0.4) is 0 Å². The van der Waals surface area contributed by atoms with Gasteiger partial charge >= 0.3 is 12.2 Å². The number of hydrogen-bond donors (Lipinski definition) is 1. The molecular weight excluding hydrogens is 607 g/mol. The molecule has 0 bridgehead atoms. The Morgan fingerprint density at radius 2 is 1.79 bits per heavy atom. The molecule has 0 spiro atoms. The van der Waals surface area contributed by atoms with Crippen LogP contribution >= 0.6 is 11.3 Å². The highest BCUT2D eigenvalue weighted by molar-refractivity contribution is 7.89. The van der Waals surface area contributed by atoms with Crippen molar-refractivity contribution in [3.63, 3.8) is 0 Å². The molecule has 0 unspecified atom stereocenters. The summed E-state index contributed by atoms with van der Waals surface area (Å²) in [4.78, 5) is 32.2. The van der Waals surface area contributed by atoms with Crippen LogP contribution in [0.25, 0.3) is 21.5 Å². The summed E-state index contributed by atoms with van der Waals surface area (Å²) in [5.41, 5.74) is 3.55. The van der Waals surface area contributed by atoms with Gasteiger partial charge in [-0.2, -0.15) is 13.2 Å². The summed E-state index contributed by atoms with van der Waals surface area (Å²) in [6.45, 7) is 2.50. The number of aromatic nitrogens is 3. The minimum atomic E-state index is -4.46. The van der Waals surface area contributed by atoms with Gasteiger partial charge in [0.05, 0.1) is 28.8 Å². The largest absolute Gasteiger partial charge is 0.481 e. The molecule has 2 aliphatic rings. The number of methoxy groups -OCH3 is 1. The van der Waals surface area contributed by atoms with Crippen molar-refractivity contribution in [3.8, 4) is 17.1 Å². The third kappa shape index (κ3) is 7.84. The molecule has 5 heterocycles. The standard InChI is InChI=1S/C27H34F3N7O4S2/c1-41-24-19(16-43(2,39)40)12-18(13-31-24)21-23-22(34-25(33-21)36-6-4-3-5-7-36)20(15-42-23)14-35-8-10-37(11-9-35)26(38)32-17-27(28,29)30/h12-13,15H,3-11,14,16-17H2,1-2H3,(H,32,38). The molecule has 43 heavy (non-hydrogen) atoms. The number of piperidine rings is 1. The van der Waals surface area contributed by atoms with E-state index in [1.165, 1.54) is 23.3 Å². The summed E-state index contributed by atoms with van der Waals surface area (Å²) in [7, 11) is -1.90. The number of nitrogens with one attached hydrogen (secondary N) is 1. The van der Waals surface area contributed by atoms with Crippen molar-refractivity contribution in [1.29, 1.82) is 0 Å². The number of rotatable bonds is 8. The normalized spacial score (nSPS) is 17.0. The number of fused-ring (bicyclic) bond motifs is 1. The number of halogens is 3. The number of thiophene rings is 1. The lowest BCUT2D eigenvalue weighted by molar-refractivity contribution is -0.123. The van der Waals surface area contributed by atoms with Crippen molar-refractivity contribution < 1.29 is 31.1 Å². The number of carbonyl (C=O) groups is 1. The van der Waals surface area contributed by atoms with E-state index in [1.54, 1.807) is 12.3 Å². The summed E-state index contributed by atoms with van der Waals surface area (Å²) in [6.07, 6.45) is 1.56. The monoisotopic (exact) mass is 641 g/mol. The molecule has 0 aromatic carbocycles. The van der Waals surface area contributed by atoms with Gasteiger partial charge in [-0.05, 0) is 30.7 Å². The number of urea groups is 1. The number of anilines is 1. The molecule has 1 N–H and O–H groups in total. The Bertz CT molecular complexity index is 1570. The molecular formula is C27H34F3N7O4S2. The van der Waals surface area contributed by atoms with E-state index in [1.807, 2.05) is 10.7 Å². The average Bonchev–Trinajstić information content (AvgIpc) is 3.37. The maximum absolute atomic E-state index is 12.5. The van der Waals surface area contributed by atoms with Crippen molar-refractivity contribution in [2.45, 2.75) is 37.7 Å². The van der Waals surface area contributed by atoms with E-state index in [4.69, 9.17) is 14.7 Å². The molecule has 11 nitrogen and oxygen atoms in total. The molecule has 2 aliphatic heterocycles. The van der Waals surface area contributed by atoms with Crippen LogP contribution in [-0.4, -0.2) is 105 Å². The van der Waals surface area contributed by atoms with Crippen molar-refractivity contribution in [3.05, 3.63) is 28.8 Å². The minimum absolute atomic E-state index is 0.222. The topological polar surface area (TPSA) is 121 Å². The number of carbonyl (C=O) groups excluding carboxylic acids is 1. The molecule has 2 fully saturated rings. The molecule has 0 atom stereocenters. The Hall–Kier alpha value is -3.24. The number of sulfone groups is 1. The van der Waals surface area contributed by atoms with Crippen molar-refractivity contribution >= 4 is 43.4 Å². The fraction of sp³-hybridized carbons (Fsp3) is 0.556. The highest BCUT2D eigenvalue weighted by atomic mass is 32.2. The van der Waals surface area contributed by atoms with E-state index in [0.717, 1.165) is 54.4 Å². The molecule has 0 saturated carbocycles. The number of alkyl halides is 3. The first-order chi connectivity index (χ1) is 20.4. The molecule has 16 heteroatoms. The zero-order chi connectivity index (χ0) is 30.8. The Morgan fingerprint density at radius 1 is 1.07 bits per heavy atom. The SMILES string of the molecule is COc1ncc(-c2nc(N3CCCCC3)nc3c(CN4CCN(C(=O)NCC(F)(F)F)CC4)csc23)cc1CS(C)(=O)=O. The van der Waals surface area contributed by atoms with Crippen LogP contribution in [0.4, 0.5) is 23.9 Å². The number of piperazine rings is 1. The third-order valence-corrected chi connectivity index (χ3v) is 9.28. The predicted molar refractivity (Wildman–Crippen MR) is 158 cm³/mol. The fourth-order valence-corrected chi connectivity index (χ4v) is 7.11. The lowest BCUT2D eigenvalue weighted by Gasteiger charge is -2.34. The highest BCUT2D eigenvalue weighted by Gasteiger charge is 2.30. The molecule has 2 amide bonds. The van der Waals surface area contributed by atoms with E-state index >= 15 is 0 Å². The maximum atomic E-state index is 12.5. The summed E-state index contributed by atoms with van der Waals surface area (Å²) < 4.78 is 67.9. The quantitative estimate of drug-likeness (QED) is 0.393. The second-order valence-electron chi connectivity index (χ2n) is 10.9. The van der Waals surface area contributed by atoms with E-state index in [0.29, 0.717) is 55.5 Å². The van der Waals surface area contributed by atoms with Crippen molar-refractivity contribution in [2.24, 2.45) is 0 Å². The van der Waals surface area contributed by atoms with Crippen molar-refractivity contribution in [1.82, 2.24) is 30.1 Å². The Balaban J connectivity index is 1.43. The molecule has 2 saturated heterocycles. The lowest BCUT2D eigenvalue weighted by Crippen LogP contribution is -2.52. The van der Waals surface area contributed by atoms with Gasteiger partial charge < -0.3 is 19.9 Å². The number of nitrogens with zero attached hydrogens (tertiary/aromatic N) is 6. The second kappa shape index (κ2) is 12.8. The Labute approximate surface area is 252 Å². The number of ether oxygens (including phenoxy) is 1. The molecule has 234 valence electrons. The van der Waals surface area contributed by atoms with Crippen LogP contribution in [0.15, 0.2) is 17.6 Å². The molecule has 3 aromatic rings. The van der Waals surface area contributed by atoms with E-state index in [-0.39, 0.29) is 11.6 Å². The van der Waals surface area contributed by atoms with Gasteiger partial charge in [-0.15, -0.1) is 11.3 Å². The fourth-order valence-electron chi connectivity index (χ4n) is 5.33. The zero-order valence-electron chi connectivity index (χ0n) is 24.0. The molecule has 0 radical (unpaired) electrons. The van der Waals surface area contributed by atoms with Crippen LogP contribution in [0.1, 0.15) is 30.4 Å². The van der Waals surface area contributed by atoms with Gasteiger partial charge in [-0.25, -0.2) is 28.2 Å². The first-order valence-corrected chi connectivity index (χ1v) is 16.9. The maximum Gasteiger partial charge on any atom is 0.405 e. The van der Waals surface area contributed by atoms with Gasteiger partial charge in [-0.3, -0.25) is 4.90 Å². The summed E-state index contributed by atoms with van der Waals surface area (Å²) in [6, 6.07) is 1.04. The average molecular weight is 642 g/mol. The first kappa shape index (κ1) is 31.2. The van der Waals surface area contributed by atoms with E-state index in [9.17, 15) is 26.4 Å². The Kier molecular flexibility index (Phi) is 9.27. The number of hydrogen-bond acceptors (Lipinski definition) is 10.